The Morgan fingerprint density at radius 1 is 1.38 bits per heavy atom. The Bertz CT molecular complexity index is 863. The molecule has 0 saturated heterocycles. The Morgan fingerprint density at radius 2 is 2.14 bits per heavy atom. The monoisotopic (exact) mass is 321 g/mol. The normalized spacial score (nSPS) is 12.8. The number of nitrogens with one attached hydrogen (secondary N) is 1. The smallest absolute Gasteiger partial charge is 0.242 e. The fourth-order valence-corrected chi connectivity index (χ4v) is 3.80. The molecule has 0 radical (unpaired) electrons. The lowest BCUT2D eigenvalue weighted by Crippen LogP contribution is -2.07. The number of aryl methyl sites for hydroxylation is 2. The highest BCUT2D eigenvalue weighted by Gasteiger charge is 2.20. The second-order valence-corrected chi connectivity index (χ2v) is 6.36. The number of thiazole rings is 1. The number of nitrogens with zero attached hydrogens (tertiary/aromatic N) is 4. The van der Waals surface area contributed by atoms with Crippen LogP contribution in [0.25, 0.3) is 11.2 Å². The molecule has 1 N–H and O–H groups in total. The van der Waals surface area contributed by atoms with Crippen LogP contribution in [0.1, 0.15) is 28.5 Å². The van der Waals surface area contributed by atoms with Gasteiger partial charge in [0, 0.05) is 0 Å². The molecule has 6 nitrogen and oxygen atoms in total. The average molecular weight is 321 g/mol. The van der Waals surface area contributed by atoms with Gasteiger partial charge in [-0.15, -0.1) is 11.3 Å². The van der Waals surface area contributed by atoms with Crippen molar-refractivity contribution in [1.82, 2.24) is 24.5 Å². The summed E-state index contributed by atoms with van der Waals surface area (Å²) in [5, 5.41) is 1.05. The van der Waals surface area contributed by atoms with Crippen LogP contribution in [-0.2, 0) is 0 Å². The van der Waals surface area contributed by atoms with E-state index in [1.807, 2.05) is 18.4 Å². The minimum absolute atomic E-state index is 0.0528. The third-order valence-electron chi connectivity index (χ3n) is 3.37. The number of aromatic amines is 1. The van der Waals surface area contributed by atoms with Crippen molar-refractivity contribution in [1.29, 1.82) is 0 Å². The van der Waals surface area contributed by atoms with Crippen molar-refractivity contribution in [2.75, 3.05) is 7.11 Å². The highest BCUT2D eigenvalue weighted by atomic mass is 32.1. The lowest BCUT2D eigenvalue weighted by atomic mass is 10.2. The van der Waals surface area contributed by atoms with E-state index < -0.39 is 0 Å². The van der Waals surface area contributed by atoms with Crippen LogP contribution in [-0.4, -0.2) is 31.6 Å². The van der Waals surface area contributed by atoms with Crippen molar-refractivity contribution in [2.45, 2.75) is 26.8 Å². The first kappa shape index (κ1) is 14.2. The van der Waals surface area contributed by atoms with Gasteiger partial charge in [-0.2, -0.15) is 4.98 Å². The van der Waals surface area contributed by atoms with Crippen LogP contribution in [0.15, 0.2) is 6.33 Å². The molecular formula is C13H15N5OS2. The molecule has 3 rings (SSSR count). The van der Waals surface area contributed by atoms with Gasteiger partial charge in [0.15, 0.2) is 10.4 Å². The Balaban J connectivity index is 2.23. The number of H-pyrrole nitrogens is 1. The van der Waals surface area contributed by atoms with Gasteiger partial charge in [-0.1, -0.05) is 0 Å². The molecule has 0 aliphatic carbocycles. The molecule has 0 aliphatic rings. The van der Waals surface area contributed by atoms with E-state index in [0.717, 1.165) is 21.9 Å². The number of imidazole rings is 1. The third-order valence-corrected chi connectivity index (χ3v) is 4.91. The molecule has 3 aromatic heterocycles. The zero-order valence-corrected chi connectivity index (χ0v) is 13.8. The minimum Gasteiger partial charge on any atom is -0.479 e. The quantitative estimate of drug-likeness (QED) is 0.750. The lowest BCUT2D eigenvalue weighted by Gasteiger charge is -2.13. The van der Waals surface area contributed by atoms with Crippen LogP contribution < -0.4 is 4.74 Å². The number of methoxy groups -OCH3 is 1. The summed E-state index contributed by atoms with van der Waals surface area (Å²) in [5.41, 5.74) is 2.49. The molecule has 110 valence electrons. The van der Waals surface area contributed by atoms with E-state index in [2.05, 4.69) is 26.9 Å². The summed E-state index contributed by atoms with van der Waals surface area (Å²) in [5.74, 6) is 0.495. The standard InChI is InChI=1S/C13H15N5OS2/c1-6-10(21-8(3)16-6)7(2)18-11-9(17-13(18)20)12(19-4)15-5-14-11/h5,7H,1-4H3,(H,17,20). The summed E-state index contributed by atoms with van der Waals surface area (Å²) in [7, 11) is 1.58. The van der Waals surface area contributed by atoms with Crippen molar-refractivity contribution in [2.24, 2.45) is 0 Å². The van der Waals surface area contributed by atoms with Crippen LogP contribution in [0.4, 0.5) is 0 Å². The Kier molecular flexibility index (Phi) is 3.50. The topological polar surface area (TPSA) is 68.6 Å². The molecule has 3 aromatic rings. The molecule has 0 aromatic carbocycles. The van der Waals surface area contributed by atoms with Gasteiger partial charge < -0.3 is 9.72 Å². The predicted molar refractivity (Wildman–Crippen MR) is 84.7 cm³/mol. The van der Waals surface area contributed by atoms with Gasteiger partial charge >= 0.3 is 0 Å². The fraction of sp³-hybridized carbons (Fsp3) is 0.385. The summed E-state index contributed by atoms with van der Waals surface area (Å²) in [4.78, 5) is 17.3. The summed E-state index contributed by atoms with van der Waals surface area (Å²) < 4.78 is 7.84. The van der Waals surface area contributed by atoms with Crippen molar-refractivity contribution < 1.29 is 4.74 Å². The van der Waals surface area contributed by atoms with E-state index in [4.69, 9.17) is 17.0 Å². The van der Waals surface area contributed by atoms with Gasteiger partial charge in [0.2, 0.25) is 5.88 Å². The summed E-state index contributed by atoms with van der Waals surface area (Å²) in [6.07, 6.45) is 1.48. The van der Waals surface area contributed by atoms with E-state index >= 15 is 0 Å². The molecule has 0 spiro atoms. The maximum absolute atomic E-state index is 5.46. The van der Waals surface area contributed by atoms with E-state index in [1.54, 1.807) is 18.4 Å². The Labute approximate surface area is 130 Å². The molecular weight excluding hydrogens is 306 g/mol. The van der Waals surface area contributed by atoms with Crippen LogP contribution in [0.2, 0.25) is 0 Å². The third kappa shape index (κ3) is 2.24. The van der Waals surface area contributed by atoms with Crippen LogP contribution in [0.3, 0.4) is 0 Å². The second kappa shape index (κ2) is 5.19. The number of rotatable bonds is 3. The van der Waals surface area contributed by atoms with E-state index in [-0.39, 0.29) is 6.04 Å². The van der Waals surface area contributed by atoms with Gasteiger partial charge in [0.25, 0.3) is 0 Å². The van der Waals surface area contributed by atoms with Gasteiger partial charge in [0.05, 0.1) is 28.7 Å². The van der Waals surface area contributed by atoms with Gasteiger partial charge in [-0.25, -0.2) is 9.97 Å². The molecule has 8 heteroatoms. The molecule has 0 fully saturated rings. The molecule has 0 bridgehead atoms. The first-order chi connectivity index (χ1) is 10.0. The lowest BCUT2D eigenvalue weighted by molar-refractivity contribution is 0.401. The first-order valence-corrected chi connectivity index (χ1v) is 7.68. The molecule has 0 saturated carbocycles. The molecule has 0 aliphatic heterocycles. The highest BCUT2D eigenvalue weighted by molar-refractivity contribution is 7.71. The summed E-state index contributed by atoms with van der Waals surface area (Å²) in [6.45, 7) is 6.12. The SMILES string of the molecule is COc1ncnc2c1[nH]c(=S)n2C(C)c1sc(C)nc1C. The van der Waals surface area contributed by atoms with Gasteiger partial charge in [0.1, 0.15) is 11.8 Å². The second-order valence-electron chi connectivity index (χ2n) is 4.74. The van der Waals surface area contributed by atoms with E-state index in [9.17, 15) is 0 Å². The van der Waals surface area contributed by atoms with Gasteiger partial charge in [-0.05, 0) is 33.0 Å². The minimum atomic E-state index is 0.0528. The largest absolute Gasteiger partial charge is 0.479 e. The van der Waals surface area contributed by atoms with Crippen LogP contribution in [0, 0.1) is 18.6 Å². The van der Waals surface area contributed by atoms with Crippen LogP contribution >= 0.6 is 23.6 Å². The Hall–Kier alpha value is -1.80. The fourth-order valence-electron chi connectivity index (χ4n) is 2.48. The van der Waals surface area contributed by atoms with Gasteiger partial charge in [-0.3, -0.25) is 4.57 Å². The highest BCUT2D eigenvalue weighted by Crippen LogP contribution is 2.31. The maximum Gasteiger partial charge on any atom is 0.242 e. The number of ether oxygens (including phenoxy) is 1. The summed E-state index contributed by atoms with van der Waals surface area (Å²) in [6, 6.07) is 0.0528. The van der Waals surface area contributed by atoms with Crippen molar-refractivity contribution in [3.05, 3.63) is 26.7 Å². The number of aromatic nitrogens is 5. The summed E-state index contributed by atoms with van der Waals surface area (Å²) >= 11 is 7.14. The molecule has 1 atom stereocenters. The number of fused-ring (bicyclic) bond motifs is 1. The average Bonchev–Trinajstić information content (AvgIpc) is 2.96. The zero-order chi connectivity index (χ0) is 15.1. The molecule has 21 heavy (non-hydrogen) atoms. The van der Waals surface area contributed by atoms with E-state index in [1.165, 1.54) is 11.2 Å². The first-order valence-electron chi connectivity index (χ1n) is 6.46. The molecule has 3 heterocycles. The van der Waals surface area contributed by atoms with Crippen LogP contribution in [0.5, 0.6) is 5.88 Å². The molecule has 0 amide bonds. The number of hydrogen-bond donors (Lipinski definition) is 1. The Morgan fingerprint density at radius 3 is 2.76 bits per heavy atom. The van der Waals surface area contributed by atoms with E-state index in [0.29, 0.717) is 10.7 Å². The number of hydrogen-bond acceptors (Lipinski definition) is 6. The zero-order valence-electron chi connectivity index (χ0n) is 12.2. The molecule has 1 unspecified atom stereocenters. The van der Waals surface area contributed by atoms with Crippen molar-refractivity contribution in [3.63, 3.8) is 0 Å². The predicted octanol–water partition coefficient (Wildman–Crippen LogP) is 3.18. The van der Waals surface area contributed by atoms with Crippen molar-refractivity contribution >= 4 is 34.7 Å². The van der Waals surface area contributed by atoms with Crippen molar-refractivity contribution in [3.8, 4) is 5.88 Å². The maximum atomic E-state index is 5.46.